The number of carboxylic acid groups (broad SMARTS) is 1. The number of nitriles is 1. The van der Waals surface area contributed by atoms with Gasteiger partial charge >= 0.3 is 11.7 Å². The van der Waals surface area contributed by atoms with Crippen molar-refractivity contribution < 1.29 is 9.90 Å². The summed E-state index contributed by atoms with van der Waals surface area (Å²) in [5.74, 6) is -0.793. The Labute approximate surface area is 135 Å². The van der Waals surface area contributed by atoms with E-state index in [1.807, 2.05) is 6.07 Å². The molecule has 23 heavy (non-hydrogen) atoms. The van der Waals surface area contributed by atoms with Gasteiger partial charge in [0.25, 0.3) is 5.56 Å². The van der Waals surface area contributed by atoms with Crippen LogP contribution < -0.4 is 11.2 Å². The first-order valence-electron chi connectivity index (χ1n) is 6.66. The van der Waals surface area contributed by atoms with Crippen LogP contribution >= 0.6 is 11.8 Å². The lowest BCUT2D eigenvalue weighted by molar-refractivity contribution is -0.133. The number of hydrogen-bond donors (Lipinski definition) is 2. The van der Waals surface area contributed by atoms with Crippen LogP contribution in [0, 0.1) is 11.3 Å². The van der Waals surface area contributed by atoms with Gasteiger partial charge in [0.05, 0.1) is 11.4 Å². The van der Waals surface area contributed by atoms with Crippen LogP contribution in [0.15, 0.2) is 39.9 Å². The Morgan fingerprint density at radius 1 is 1.30 bits per heavy atom. The molecule has 118 valence electrons. The van der Waals surface area contributed by atoms with Gasteiger partial charge in [-0.2, -0.15) is 5.26 Å². The fraction of sp³-hybridized carbons (Fsp3) is 0.200. The van der Waals surface area contributed by atoms with Gasteiger partial charge in [0, 0.05) is 12.3 Å². The van der Waals surface area contributed by atoms with Gasteiger partial charge in [-0.1, -0.05) is 30.3 Å². The highest BCUT2D eigenvalue weighted by Gasteiger charge is 2.15. The van der Waals surface area contributed by atoms with E-state index in [-0.39, 0.29) is 29.3 Å². The van der Waals surface area contributed by atoms with Crippen molar-refractivity contribution in [3.63, 3.8) is 0 Å². The maximum Gasteiger partial charge on any atom is 0.328 e. The molecule has 0 saturated heterocycles. The van der Waals surface area contributed by atoms with Crippen molar-refractivity contribution in [2.24, 2.45) is 0 Å². The molecule has 7 nitrogen and oxygen atoms in total. The maximum atomic E-state index is 12.3. The molecule has 2 rings (SSSR count). The predicted molar refractivity (Wildman–Crippen MR) is 86.4 cm³/mol. The van der Waals surface area contributed by atoms with Gasteiger partial charge in [0.2, 0.25) is 0 Å². The van der Waals surface area contributed by atoms with Crippen molar-refractivity contribution in [1.29, 1.82) is 5.26 Å². The van der Waals surface area contributed by atoms with Crippen LogP contribution in [-0.4, -0.2) is 32.1 Å². The van der Waals surface area contributed by atoms with Crippen molar-refractivity contribution in [3.8, 4) is 17.3 Å². The number of carboxylic acids is 1. The zero-order valence-electron chi connectivity index (χ0n) is 12.0. The Morgan fingerprint density at radius 3 is 2.61 bits per heavy atom. The SMILES string of the molecule is N#Cc1c(-c2ccccc2)[nH]c(=O)n(CCSCC(=O)O)c1=O. The molecule has 0 fully saturated rings. The Balaban J connectivity index is 2.37. The van der Waals surface area contributed by atoms with Gasteiger partial charge in [-0.15, -0.1) is 11.8 Å². The van der Waals surface area contributed by atoms with Crippen molar-refractivity contribution in [3.05, 3.63) is 56.7 Å². The van der Waals surface area contributed by atoms with Crippen molar-refractivity contribution >= 4 is 17.7 Å². The minimum absolute atomic E-state index is 0.0376. The highest BCUT2D eigenvalue weighted by Crippen LogP contribution is 2.16. The quantitative estimate of drug-likeness (QED) is 0.760. The summed E-state index contributed by atoms with van der Waals surface area (Å²) in [6.45, 7) is 0.0376. The van der Waals surface area contributed by atoms with E-state index in [4.69, 9.17) is 5.11 Å². The van der Waals surface area contributed by atoms with Gasteiger partial charge in [-0.3, -0.25) is 14.2 Å². The summed E-state index contributed by atoms with van der Waals surface area (Å²) in [4.78, 5) is 37.4. The number of aromatic nitrogens is 2. The van der Waals surface area contributed by atoms with E-state index in [0.29, 0.717) is 5.56 Å². The molecular formula is C15H13N3O4S. The number of nitrogens with zero attached hydrogens (tertiary/aromatic N) is 2. The maximum absolute atomic E-state index is 12.3. The molecule has 0 saturated carbocycles. The lowest BCUT2D eigenvalue weighted by Gasteiger charge is -2.08. The van der Waals surface area contributed by atoms with E-state index < -0.39 is 17.2 Å². The van der Waals surface area contributed by atoms with E-state index >= 15 is 0 Å². The summed E-state index contributed by atoms with van der Waals surface area (Å²) in [5, 5.41) is 17.8. The normalized spacial score (nSPS) is 10.2. The number of thioether (sulfide) groups is 1. The molecule has 0 aliphatic carbocycles. The third-order valence-electron chi connectivity index (χ3n) is 3.05. The first kappa shape index (κ1) is 16.6. The summed E-state index contributed by atoms with van der Waals surface area (Å²) in [7, 11) is 0. The lowest BCUT2D eigenvalue weighted by Crippen LogP contribution is -2.38. The molecule has 2 aromatic rings. The van der Waals surface area contributed by atoms with Crippen LogP contribution in [0.4, 0.5) is 0 Å². The molecule has 0 aliphatic heterocycles. The number of carbonyl (C=O) groups is 1. The molecule has 0 spiro atoms. The highest BCUT2D eigenvalue weighted by molar-refractivity contribution is 7.99. The van der Waals surface area contributed by atoms with Gasteiger partial charge < -0.3 is 10.1 Å². The van der Waals surface area contributed by atoms with Gasteiger partial charge in [0.1, 0.15) is 11.6 Å². The van der Waals surface area contributed by atoms with Gasteiger partial charge in [0.15, 0.2) is 0 Å². The van der Waals surface area contributed by atoms with Crippen LogP contribution in [0.3, 0.4) is 0 Å². The Kier molecular flexibility index (Phi) is 5.38. The number of nitrogens with one attached hydrogen (secondary N) is 1. The summed E-state index contributed by atoms with van der Waals surface area (Å²) in [6, 6.07) is 10.5. The van der Waals surface area contributed by atoms with Crippen LogP contribution in [0.1, 0.15) is 5.56 Å². The van der Waals surface area contributed by atoms with Crippen LogP contribution in [-0.2, 0) is 11.3 Å². The molecular weight excluding hydrogens is 318 g/mol. The number of aliphatic carboxylic acids is 1. The monoisotopic (exact) mass is 331 g/mol. The minimum Gasteiger partial charge on any atom is -0.481 e. The number of hydrogen-bond acceptors (Lipinski definition) is 5. The number of aromatic amines is 1. The van der Waals surface area contributed by atoms with E-state index in [1.165, 1.54) is 0 Å². The van der Waals surface area contributed by atoms with Crippen molar-refractivity contribution in [2.45, 2.75) is 6.54 Å². The van der Waals surface area contributed by atoms with Crippen LogP contribution in [0.2, 0.25) is 0 Å². The smallest absolute Gasteiger partial charge is 0.328 e. The molecule has 0 atom stereocenters. The third kappa shape index (κ3) is 3.90. The minimum atomic E-state index is -0.964. The second-order valence-corrected chi connectivity index (χ2v) is 5.67. The topological polar surface area (TPSA) is 116 Å². The summed E-state index contributed by atoms with van der Waals surface area (Å²) >= 11 is 1.09. The van der Waals surface area contributed by atoms with E-state index in [1.54, 1.807) is 30.3 Å². The summed E-state index contributed by atoms with van der Waals surface area (Å²) in [6.07, 6.45) is 0. The average Bonchev–Trinajstić information content (AvgIpc) is 2.54. The van der Waals surface area contributed by atoms with Gasteiger partial charge in [-0.05, 0) is 5.56 Å². The largest absolute Gasteiger partial charge is 0.481 e. The number of benzene rings is 1. The molecule has 0 bridgehead atoms. The third-order valence-corrected chi connectivity index (χ3v) is 3.97. The summed E-state index contributed by atoms with van der Waals surface area (Å²) in [5.41, 5.74) is -0.669. The Bertz CT molecular complexity index is 865. The predicted octanol–water partition coefficient (Wildman–Crippen LogP) is 0.893. The molecule has 1 heterocycles. The fourth-order valence-corrected chi connectivity index (χ4v) is 2.65. The van der Waals surface area contributed by atoms with E-state index in [2.05, 4.69) is 4.98 Å². The lowest BCUT2D eigenvalue weighted by atomic mass is 10.1. The number of H-pyrrole nitrogens is 1. The zero-order valence-corrected chi connectivity index (χ0v) is 12.8. The summed E-state index contributed by atoms with van der Waals surface area (Å²) < 4.78 is 0.917. The Hall–Kier alpha value is -2.79. The van der Waals surface area contributed by atoms with Crippen molar-refractivity contribution in [1.82, 2.24) is 9.55 Å². The molecule has 0 amide bonds. The first-order chi connectivity index (χ1) is 11.0. The van der Waals surface area contributed by atoms with Crippen LogP contribution in [0.25, 0.3) is 11.3 Å². The first-order valence-corrected chi connectivity index (χ1v) is 7.82. The molecule has 0 aliphatic rings. The standard InChI is InChI=1S/C15H13N3O4S/c16-8-11-13(10-4-2-1-3-5-10)17-15(22)18(14(11)21)6-7-23-9-12(19)20/h1-5H,6-7,9H2,(H,17,22)(H,19,20). The molecule has 8 heteroatoms. The van der Waals surface area contributed by atoms with Gasteiger partial charge in [-0.25, -0.2) is 4.79 Å². The molecule has 0 unspecified atom stereocenters. The van der Waals surface area contributed by atoms with E-state index in [9.17, 15) is 19.6 Å². The number of rotatable bonds is 6. The van der Waals surface area contributed by atoms with E-state index in [0.717, 1.165) is 16.3 Å². The molecule has 1 aromatic carbocycles. The second-order valence-electron chi connectivity index (χ2n) is 4.56. The second kappa shape index (κ2) is 7.47. The Morgan fingerprint density at radius 2 is 2.00 bits per heavy atom. The molecule has 1 aromatic heterocycles. The molecule has 0 radical (unpaired) electrons. The highest BCUT2D eigenvalue weighted by atomic mass is 32.2. The average molecular weight is 331 g/mol. The molecule has 2 N–H and O–H groups in total. The van der Waals surface area contributed by atoms with Crippen molar-refractivity contribution in [2.75, 3.05) is 11.5 Å². The van der Waals surface area contributed by atoms with Crippen LogP contribution in [0.5, 0.6) is 0 Å². The zero-order chi connectivity index (χ0) is 16.8. The fourth-order valence-electron chi connectivity index (χ4n) is 2.01.